The number of likely N-dealkylation sites (tertiary alicyclic amines) is 1. The van der Waals surface area contributed by atoms with Crippen LogP contribution in [0.1, 0.15) is 36.1 Å². The number of hydrogen-bond donors (Lipinski definition) is 2. The molecule has 0 bridgehead atoms. The Morgan fingerprint density at radius 1 is 1.53 bits per heavy atom. The van der Waals surface area contributed by atoms with Gasteiger partial charge < -0.3 is 20.2 Å². The molecule has 6 nitrogen and oxygen atoms in total. The fourth-order valence-electron chi connectivity index (χ4n) is 2.54. The van der Waals surface area contributed by atoms with Crippen LogP contribution in [0.4, 0.5) is 0 Å². The van der Waals surface area contributed by atoms with Crippen molar-refractivity contribution in [2.24, 2.45) is 11.7 Å². The van der Waals surface area contributed by atoms with Gasteiger partial charge >= 0.3 is 5.97 Å². The lowest BCUT2D eigenvalue weighted by molar-refractivity contribution is -0.145. The molecule has 2 atom stereocenters. The largest absolute Gasteiger partial charge is 0.480 e. The first-order valence-electron chi connectivity index (χ1n) is 6.37. The standard InChI is InChI=1S/C13H18N2O4/c1-8-3-2-6-15(11(8)13(17)18)12(16)10-5-4-9(7-14)19-10/h4-5,8,11H,2-3,6-7,14H2,1H3,(H,17,18). The Morgan fingerprint density at radius 3 is 2.84 bits per heavy atom. The Hall–Kier alpha value is -1.82. The molecule has 0 aliphatic carbocycles. The lowest BCUT2D eigenvalue weighted by Gasteiger charge is -2.36. The van der Waals surface area contributed by atoms with Gasteiger partial charge in [-0.2, -0.15) is 0 Å². The van der Waals surface area contributed by atoms with Gasteiger partial charge in [0, 0.05) is 6.54 Å². The number of aliphatic carboxylic acids is 1. The summed E-state index contributed by atoms with van der Waals surface area (Å²) in [6.07, 6.45) is 1.62. The number of carbonyl (C=O) groups excluding carboxylic acids is 1. The molecular weight excluding hydrogens is 248 g/mol. The Balaban J connectivity index is 2.22. The number of piperidine rings is 1. The number of nitrogens with zero attached hydrogens (tertiary/aromatic N) is 1. The van der Waals surface area contributed by atoms with Crippen LogP contribution in [0.25, 0.3) is 0 Å². The van der Waals surface area contributed by atoms with Gasteiger partial charge in [-0.1, -0.05) is 6.92 Å². The van der Waals surface area contributed by atoms with Gasteiger partial charge in [0.05, 0.1) is 6.54 Å². The van der Waals surface area contributed by atoms with Gasteiger partial charge in [0.2, 0.25) is 0 Å². The van der Waals surface area contributed by atoms with Crippen molar-refractivity contribution in [2.45, 2.75) is 32.4 Å². The highest BCUT2D eigenvalue weighted by atomic mass is 16.4. The fraction of sp³-hybridized carbons (Fsp3) is 0.538. The molecule has 2 unspecified atom stereocenters. The summed E-state index contributed by atoms with van der Waals surface area (Å²) in [4.78, 5) is 25.0. The molecule has 1 fully saturated rings. The minimum absolute atomic E-state index is 0.0564. The zero-order valence-corrected chi connectivity index (χ0v) is 10.8. The summed E-state index contributed by atoms with van der Waals surface area (Å²) in [6, 6.07) is 2.40. The first-order valence-corrected chi connectivity index (χ1v) is 6.37. The van der Waals surface area contributed by atoms with Gasteiger partial charge in [-0.15, -0.1) is 0 Å². The van der Waals surface area contributed by atoms with E-state index < -0.39 is 12.0 Å². The zero-order chi connectivity index (χ0) is 14.0. The second-order valence-corrected chi connectivity index (χ2v) is 4.87. The third-order valence-electron chi connectivity index (χ3n) is 3.52. The van der Waals surface area contributed by atoms with E-state index in [0.29, 0.717) is 12.3 Å². The van der Waals surface area contributed by atoms with Crippen LogP contribution in [-0.2, 0) is 11.3 Å². The molecule has 1 aliphatic rings. The molecule has 6 heteroatoms. The highest BCUT2D eigenvalue weighted by Crippen LogP contribution is 2.25. The van der Waals surface area contributed by atoms with Crippen LogP contribution in [-0.4, -0.2) is 34.5 Å². The lowest BCUT2D eigenvalue weighted by Crippen LogP contribution is -2.51. The molecule has 1 amide bonds. The molecule has 1 saturated heterocycles. The van der Waals surface area contributed by atoms with Gasteiger partial charge in [0.1, 0.15) is 11.8 Å². The van der Waals surface area contributed by atoms with Gasteiger partial charge in [-0.3, -0.25) is 4.79 Å². The molecule has 1 aromatic rings. The van der Waals surface area contributed by atoms with Crippen molar-refractivity contribution >= 4 is 11.9 Å². The molecule has 104 valence electrons. The maximum atomic E-state index is 12.3. The normalized spacial score (nSPS) is 23.4. The summed E-state index contributed by atoms with van der Waals surface area (Å²) >= 11 is 0. The molecule has 0 saturated carbocycles. The molecule has 2 heterocycles. The van der Waals surface area contributed by atoms with Crippen LogP contribution in [0.3, 0.4) is 0 Å². The number of carboxylic acid groups (broad SMARTS) is 1. The monoisotopic (exact) mass is 266 g/mol. The van der Waals surface area contributed by atoms with E-state index in [1.54, 1.807) is 12.1 Å². The average Bonchev–Trinajstić information content (AvgIpc) is 2.85. The van der Waals surface area contributed by atoms with Crippen molar-refractivity contribution in [3.63, 3.8) is 0 Å². The number of nitrogens with two attached hydrogens (primary N) is 1. The van der Waals surface area contributed by atoms with E-state index in [2.05, 4.69) is 0 Å². The predicted molar refractivity (Wildman–Crippen MR) is 67.5 cm³/mol. The first-order chi connectivity index (χ1) is 9.04. The number of hydrogen-bond acceptors (Lipinski definition) is 4. The first kappa shape index (κ1) is 13.6. The molecule has 19 heavy (non-hydrogen) atoms. The molecule has 2 rings (SSSR count). The van der Waals surface area contributed by atoms with Crippen LogP contribution in [0.2, 0.25) is 0 Å². The van der Waals surface area contributed by atoms with Crippen LogP contribution >= 0.6 is 0 Å². The third kappa shape index (κ3) is 2.63. The SMILES string of the molecule is CC1CCCN(C(=O)c2ccc(CN)o2)C1C(=O)O. The summed E-state index contributed by atoms with van der Waals surface area (Å²) < 4.78 is 5.30. The number of amides is 1. The number of carboxylic acids is 1. The van der Waals surface area contributed by atoms with Crippen molar-refractivity contribution in [3.05, 3.63) is 23.7 Å². The second-order valence-electron chi connectivity index (χ2n) is 4.87. The average molecular weight is 266 g/mol. The Kier molecular flexibility index (Phi) is 3.90. The van der Waals surface area contributed by atoms with Gasteiger partial charge in [-0.05, 0) is 30.9 Å². The van der Waals surface area contributed by atoms with Crippen LogP contribution < -0.4 is 5.73 Å². The lowest BCUT2D eigenvalue weighted by atomic mass is 9.90. The zero-order valence-electron chi connectivity index (χ0n) is 10.8. The van der Waals surface area contributed by atoms with E-state index >= 15 is 0 Å². The van der Waals surface area contributed by atoms with Crippen molar-refractivity contribution in [2.75, 3.05) is 6.54 Å². The summed E-state index contributed by atoms with van der Waals surface area (Å²) in [7, 11) is 0. The van der Waals surface area contributed by atoms with Crippen LogP contribution in [0.5, 0.6) is 0 Å². The van der Waals surface area contributed by atoms with E-state index in [1.165, 1.54) is 4.90 Å². The number of rotatable bonds is 3. The summed E-state index contributed by atoms with van der Waals surface area (Å²) in [5.74, 6) is -0.731. The van der Waals surface area contributed by atoms with Gasteiger partial charge in [0.15, 0.2) is 5.76 Å². The van der Waals surface area contributed by atoms with Crippen molar-refractivity contribution < 1.29 is 19.1 Å². The van der Waals surface area contributed by atoms with E-state index in [0.717, 1.165) is 12.8 Å². The van der Waals surface area contributed by atoms with Gasteiger partial charge in [0.25, 0.3) is 5.91 Å². The number of furan rings is 1. The van der Waals surface area contributed by atoms with Crippen LogP contribution in [0, 0.1) is 5.92 Å². The summed E-state index contributed by atoms with van der Waals surface area (Å²) in [5.41, 5.74) is 5.43. The Labute approximate surface area is 111 Å². The molecule has 3 N–H and O–H groups in total. The second kappa shape index (κ2) is 5.44. The predicted octanol–water partition coefficient (Wildman–Crippen LogP) is 1.06. The molecule has 0 aromatic carbocycles. The highest BCUT2D eigenvalue weighted by Gasteiger charge is 2.38. The van der Waals surface area contributed by atoms with Crippen LogP contribution in [0.15, 0.2) is 16.5 Å². The maximum Gasteiger partial charge on any atom is 0.326 e. The summed E-state index contributed by atoms with van der Waals surface area (Å²) in [6.45, 7) is 2.51. The van der Waals surface area contributed by atoms with E-state index in [-0.39, 0.29) is 24.1 Å². The van der Waals surface area contributed by atoms with Crippen molar-refractivity contribution in [1.29, 1.82) is 0 Å². The highest BCUT2D eigenvalue weighted by molar-refractivity contribution is 5.94. The smallest absolute Gasteiger partial charge is 0.326 e. The van der Waals surface area contributed by atoms with Crippen molar-refractivity contribution in [3.8, 4) is 0 Å². The third-order valence-corrected chi connectivity index (χ3v) is 3.52. The maximum absolute atomic E-state index is 12.3. The van der Waals surface area contributed by atoms with E-state index in [4.69, 9.17) is 10.2 Å². The summed E-state index contributed by atoms with van der Waals surface area (Å²) in [5, 5.41) is 9.28. The molecular formula is C13H18N2O4. The van der Waals surface area contributed by atoms with Crippen molar-refractivity contribution in [1.82, 2.24) is 4.90 Å². The van der Waals surface area contributed by atoms with E-state index in [9.17, 15) is 14.7 Å². The van der Waals surface area contributed by atoms with E-state index in [1.807, 2.05) is 6.92 Å². The minimum Gasteiger partial charge on any atom is -0.480 e. The topological polar surface area (TPSA) is 96.8 Å². The quantitative estimate of drug-likeness (QED) is 0.852. The Bertz CT molecular complexity index is 483. The molecule has 1 aliphatic heterocycles. The minimum atomic E-state index is -0.967. The molecule has 0 radical (unpaired) electrons. The Morgan fingerprint density at radius 2 is 2.26 bits per heavy atom. The van der Waals surface area contributed by atoms with Gasteiger partial charge in [-0.25, -0.2) is 4.79 Å². The fourth-order valence-corrected chi connectivity index (χ4v) is 2.54. The molecule has 0 spiro atoms. The molecule has 1 aromatic heterocycles. The number of carbonyl (C=O) groups is 2.